The Morgan fingerprint density at radius 3 is 2.17 bits per heavy atom. The molecule has 2 aromatic carbocycles. The first-order chi connectivity index (χ1) is 11.6. The van der Waals surface area contributed by atoms with Gasteiger partial charge in [-0.05, 0) is 36.4 Å². The number of phenols is 2. The van der Waals surface area contributed by atoms with Crippen LogP contribution in [-0.4, -0.2) is 29.2 Å². The van der Waals surface area contributed by atoms with Crippen LogP contribution in [-0.2, 0) is 0 Å². The van der Waals surface area contributed by atoms with Gasteiger partial charge in [0, 0.05) is 5.56 Å². The zero-order valence-electron chi connectivity index (χ0n) is 13.1. The predicted octanol–water partition coefficient (Wildman–Crippen LogP) is 3.46. The lowest BCUT2D eigenvalue weighted by Crippen LogP contribution is -2.03. The summed E-state index contributed by atoms with van der Waals surface area (Å²) >= 11 is 0. The summed E-state index contributed by atoms with van der Waals surface area (Å²) in [6.07, 6.45) is 3.13. The molecule has 0 atom stereocenters. The van der Waals surface area contributed by atoms with E-state index in [2.05, 4.69) is 13.2 Å². The summed E-state index contributed by atoms with van der Waals surface area (Å²) in [5, 5.41) is 20.0. The highest BCUT2D eigenvalue weighted by molar-refractivity contribution is 6.11. The molecule has 5 heteroatoms. The van der Waals surface area contributed by atoms with E-state index >= 15 is 0 Å². The Kier molecular flexibility index (Phi) is 5.63. The summed E-state index contributed by atoms with van der Waals surface area (Å²) in [5.41, 5.74) is 0.341. The number of phenolic OH excluding ortho intramolecular Hbond substituents is 2. The third-order valence-electron chi connectivity index (χ3n) is 3.20. The van der Waals surface area contributed by atoms with Crippen LogP contribution in [0.1, 0.15) is 15.9 Å². The van der Waals surface area contributed by atoms with Gasteiger partial charge in [0.05, 0.1) is 5.56 Å². The molecular weight excluding hydrogens is 308 g/mol. The molecule has 2 aromatic rings. The molecule has 0 saturated carbocycles. The van der Waals surface area contributed by atoms with Gasteiger partial charge < -0.3 is 19.7 Å². The van der Waals surface area contributed by atoms with E-state index in [4.69, 9.17) is 9.47 Å². The molecule has 0 spiro atoms. The van der Waals surface area contributed by atoms with E-state index in [1.165, 1.54) is 18.2 Å². The van der Waals surface area contributed by atoms with Crippen molar-refractivity contribution in [3.8, 4) is 23.0 Å². The number of ether oxygens (including phenoxy) is 2. The van der Waals surface area contributed by atoms with Gasteiger partial charge in [-0.25, -0.2) is 0 Å². The Labute approximate surface area is 140 Å². The van der Waals surface area contributed by atoms with Gasteiger partial charge in [0.2, 0.25) is 5.75 Å². The highest BCUT2D eigenvalue weighted by Crippen LogP contribution is 2.39. The lowest BCUT2D eigenvalue weighted by Gasteiger charge is -2.11. The van der Waals surface area contributed by atoms with E-state index in [1.807, 2.05) is 0 Å². The van der Waals surface area contributed by atoms with Crippen molar-refractivity contribution in [1.82, 2.24) is 0 Å². The number of ketones is 1. The van der Waals surface area contributed by atoms with Gasteiger partial charge in [-0.15, -0.1) is 0 Å². The molecule has 0 aliphatic carbocycles. The van der Waals surface area contributed by atoms with Crippen LogP contribution in [0.5, 0.6) is 23.0 Å². The first-order valence-corrected chi connectivity index (χ1v) is 7.25. The second kappa shape index (κ2) is 7.87. The largest absolute Gasteiger partial charge is 0.504 e. The van der Waals surface area contributed by atoms with Gasteiger partial charge in [-0.1, -0.05) is 25.3 Å². The van der Waals surface area contributed by atoms with E-state index in [-0.39, 0.29) is 17.9 Å². The standard InChI is InChI=1S/C19H18O5/c1-3-11-23-14-7-5-13(6-8-14)17(20)15-9-10-16(24-12-4-2)19(22)18(15)21/h3-10,21-22H,1-2,11-12H2. The highest BCUT2D eigenvalue weighted by atomic mass is 16.5. The van der Waals surface area contributed by atoms with Crippen molar-refractivity contribution in [3.63, 3.8) is 0 Å². The SMILES string of the molecule is C=CCOc1ccc(C(=O)c2ccc(OCC=C)c(O)c2O)cc1. The van der Waals surface area contributed by atoms with Crippen molar-refractivity contribution >= 4 is 5.78 Å². The maximum atomic E-state index is 12.5. The molecule has 0 fully saturated rings. The Morgan fingerprint density at radius 1 is 0.917 bits per heavy atom. The second-order valence-corrected chi connectivity index (χ2v) is 4.86. The summed E-state index contributed by atoms with van der Waals surface area (Å²) in [6, 6.07) is 9.29. The van der Waals surface area contributed by atoms with Gasteiger partial charge >= 0.3 is 0 Å². The minimum absolute atomic E-state index is 0.0155. The van der Waals surface area contributed by atoms with E-state index < -0.39 is 17.3 Å². The van der Waals surface area contributed by atoms with Crippen molar-refractivity contribution < 1.29 is 24.5 Å². The molecule has 5 nitrogen and oxygen atoms in total. The number of benzene rings is 2. The van der Waals surface area contributed by atoms with Crippen LogP contribution in [0.15, 0.2) is 61.7 Å². The molecule has 0 bridgehead atoms. The molecule has 0 heterocycles. The third-order valence-corrected chi connectivity index (χ3v) is 3.20. The quantitative estimate of drug-likeness (QED) is 0.441. The molecule has 0 aliphatic heterocycles. The van der Waals surface area contributed by atoms with Crippen molar-refractivity contribution in [1.29, 1.82) is 0 Å². The summed E-state index contributed by atoms with van der Waals surface area (Å²) in [4.78, 5) is 12.5. The average molecular weight is 326 g/mol. The van der Waals surface area contributed by atoms with Gasteiger partial charge in [0.15, 0.2) is 17.3 Å². The number of aromatic hydroxyl groups is 2. The van der Waals surface area contributed by atoms with Crippen LogP contribution >= 0.6 is 0 Å². The van der Waals surface area contributed by atoms with Gasteiger partial charge in [0.25, 0.3) is 0 Å². The van der Waals surface area contributed by atoms with Crippen LogP contribution in [0, 0.1) is 0 Å². The number of carbonyl (C=O) groups excluding carboxylic acids is 1. The summed E-state index contributed by atoms with van der Waals surface area (Å²) in [5.74, 6) is -0.737. The molecule has 0 aliphatic rings. The third kappa shape index (κ3) is 3.76. The van der Waals surface area contributed by atoms with Crippen molar-refractivity contribution in [3.05, 3.63) is 72.8 Å². The van der Waals surface area contributed by atoms with Gasteiger partial charge in [0.1, 0.15) is 19.0 Å². The van der Waals surface area contributed by atoms with Crippen molar-refractivity contribution in [2.24, 2.45) is 0 Å². The molecule has 24 heavy (non-hydrogen) atoms. The maximum Gasteiger partial charge on any atom is 0.201 e. The summed E-state index contributed by atoms with van der Waals surface area (Å²) in [6.45, 7) is 7.60. The summed E-state index contributed by atoms with van der Waals surface area (Å²) < 4.78 is 10.5. The van der Waals surface area contributed by atoms with E-state index in [0.717, 1.165) is 0 Å². The van der Waals surface area contributed by atoms with Gasteiger partial charge in [-0.3, -0.25) is 4.79 Å². The molecule has 2 N–H and O–H groups in total. The van der Waals surface area contributed by atoms with Crippen LogP contribution in [0.4, 0.5) is 0 Å². The first kappa shape index (κ1) is 17.1. The molecule has 124 valence electrons. The minimum atomic E-state index is -0.520. The Hall–Kier alpha value is -3.21. The predicted molar refractivity (Wildman–Crippen MR) is 91.0 cm³/mol. The van der Waals surface area contributed by atoms with E-state index in [0.29, 0.717) is 17.9 Å². The van der Waals surface area contributed by atoms with Crippen molar-refractivity contribution in [2.75, 3.05) is 13.2 Å². The number of hydrogen-bond acceptors (Lipinski definition) is 5. The summed E-state index contributed by atoms with van der Waals surface area (Å²) in [7, 11) is 0. The van der Waals surface area contributed by atoms with Crippen molar-refractivity contribution in [2.45, 2.75) is 0 Å². The average Bonchev–Trinajstić information content (AvgIpc) is 2.61. The Bertz CT molecular complexity index is 747. The zero-order chi connectivity index (χ0) is 17.5. The zero-order valence-corrected chi connectivity index (χ0v) is 13.1. The number of hydrogen-bond donors (Lipinski definition) is 2. The number of rotatable bonds is 8. The van der Waals surface area contributed by atoms with E-state index in [9.17, 15) is 15.0 Å². The fraction of sp³-hybridized carbons (Fsp3) is 0.105. The molecule has 0 aromatic heterocycles. The second-order valence-electron chi connectivity index (χ2n) is 4.86. The molecule has 0 saturated heterocycles. The van der Waals surface area contributed by atoms with E-state index in [1.54, 1.807) is 30.3 Å². The van der Waals surface area contributed by atoms with Gasteiger partial charge in [-0.2, -0.15) is 0 Å². The lowest BCUT2D eigenvalue weighted by molar-refractivity contribution is 0.103. The highest BCUT2D eigenvalue weighted by Gasteiger charge is 2.19. The lowest BCUT2D eigenvalue weighted by atomic mass is 10.0. The molecule has 2 rings (SSSR count). The maximum absolute atomic E-state index is 12.5. The molecule has 0 amide bonds. The number of carbonyl (C=O) groups is 1. The topological polar surface area (TPSA) is 76.0 Å². The Balaban J connectivity index is 2.24. The molecular formula is C19H18O5. The van der Waals surface area contributed by atoms with Crippen LogP contribution in [0.25, 0.3) is 0 Å². The fourth-order valence-electron chi connectivity index (χ4n) is 2.02. The molecule has 0 radical (unpaired) electrons. The smallest absolute Gasteiger partial charge is 0.201 e. The van der Waals surface area contributed by atoms with Crippen LogP contribution < -0.4 is 9.47 Å². The first-order valence-electron chi connectivity index (χ1n) is 7.25. The fourth-order valence-corrected chi connectivity index (χ4v) is 2.02. The monoisotopic (exact) mass is 326 g/mol. The van der Waals surface area contributed by atoms with Crippen LogP contribution in [0.3, 0.4) is 0 Å². The minimum Gasteiger partial charge on any atom is -0.504 e. The normalized spacial score (nSPS) is 10.0. The van der Waals surface area contributed by atoms with Crippen LogP contribution in [0.2, 0.25) is 0 Å². The Morgan fingerprint density at radius 2 is 1.54 bits per heavy atom. The molecule has 0 unspecified atom stereocenters.